The van der Waals surface area contributed by atoms with Gasteiger partial charge < -0.3 is 9.80 Å². The van der Waals surface area contributed by atoms with Crippen molar-refractivity contribution in [3.63, 3.8) is 0 Å². The van der Waals surface area contributed by atoms with E-state index in [1.54, 1.807) is 17.7 Å². The van der Waals surface area contributed by atoms with Gasteiger partial charge in [0.25, 0.3) is 0 Å². The van der Waals surface area contributed by atoms with Gasteiger partial charge in [-0.05, 0) is 42.3 Å². The van der Waals surface area contributed by atoms with Crippen molar-refractivity contribution in [3.8, 4) is 5.69 Å². The number of thiazole rings is 1. The van der Waals surface area contributed by atoms with E-state index in [1.165, 1.54) is 10.3 Å². The van der Waals surface area contributed by atoms with Crippen LogP contribution in [-0.2, 0) is 6.42 Å². The maximum Gasteiger partial charge on any atom is 0.186 e. The van der Waals surface area contributed by atoms with Crippen LogP contribution in [0.15, 0.2) is 55.0 Å². The fourth-order valence-corrected chi connectivity index (χ4v) is 5.57. The van der Waals surface area contributed by atoms with Crippen LogP contribution in [0, 0.1) is 0 Å². The molecule has 0 spiro atoms. The Balaban J connectivity index is 1.24. The molecule has 0 bridgehead atoms. The summed E-state index contributed by atoms with van der Waals surface area (Å²) in [5.41, 5.74) is 4.10. The van der Waals surface area contributed by atoms with Crippen LogP contribution in [0.2, 0.25) is 5.02 Å². The van der Waals surface area contributed by atoms with Gasteiger partial charge in [-0.2, -0.15) is 5.10 Å². The van der Waals surface area contributed by atoms with Crippen LogP contribution in [0.25, 0.3) is 26.9 Å². The molecule has 166 valence electrons. The highest BCUT2D eigenvalue weighted by Crippen LogP contribution is 2.32. The van der Waals surface area contributed by atoms with E-state index in [4.69, 9.17) is 16.6 Å². The minimum atomic E-state index is 0.669. The van der Waals surface area contributed by atoms with Crippen LogP contribution in [0.1, 0.15) is 12.5 Å². The number of fused-ring (bicyclic) bond motifs is 2. The first-order valence-corrected chi connectivity index (χ1v) is 12.2. The maximum absolute atomic E-state index is 6.18. The van der Waals surface area contributed by atoms with Gasteiger partial charge in [0.1, 0.15) is 12.1 Å². The molecule has 1 fully saturated rings. The number of benzene rings is 2. The van der Waals surface area contributed by atoms with Gasteiger partial charge in [0.05, 0.1) is 27.5 Å². The van der Waals surface area contributed by atoms with Gasteiger partial charge in [0.15, 0.2) is 10.8 Å². The second kappa shape index (κ2) is 8.28. The number of aromatic nitrogens is 5. The molecule has 5 aromatic rings. The van der Waals surface area contributed by atoms with E-state index >= 15 is 0 Å². The summed E-state index contributed by atoms with van der Waals surface area (Å²) < 4.78 is 3.08. The van der Waals surface area contributed by atoms with E-state index in [1.807, 2.05) is 35.1 Å². The molecule has 0 aliphatic carbocycles. The third-order valence-corrected chi connectivity index (χ3v) is 7.41. The minimum absolute atomic E-state index is 0.669. The molecule has 0 amide bonds. The number of piperazine rings is 1. The van der Waals surface area contributed by atoms with Gasteiger partial charge in [-0.1, -0.05) is 42.0 Å². The first-order chi connectivity index (χ1) is 16.2. The third kappa shape index (κ3) is 3.69. The molecule has 0 unspecified atom stereocenters. The highest BCUT2D eigenvalue weighted by atomic mass is 35.5. The molecular weight excluding hydrogens is 454 g/mol. The Morgan fingerprint density at radius 2 is 1.85 bits per heavy atom. The fraction of sp³-hybridized carbons (Fsp3) is 0.250. The van der Waals surface area contributed by atoms with Crippen LogP contribution in [0.4, 0.5) is 10.9 Å². The largest absolute Gasteiger partial charge is 0.352 e. The van der Waals surface area contributed by atoms with Gasteiger partial charge in [0.2, 0.25) is 0 Å². The van der Waals surface area contributed by atoms with Crippen molar-refractivity contribution in [2.24, 2.45) is 0 Å². The van der Waals surface area contributed by atoms with E-state index in [0.717, 1.165) is 65.8 Å². The molecule has 0 saturated carbocycles. The smallest absolute Gasteiger partial charge is 0.186 e. The molecule has 6 rings (SSSR count). The zero-order chi connectivity index (χ0) is 22.4. The summed E-state index contributed by atoms with van der Waals surface area (Å²) in [5.74, 6) is 0.921. The highest BCUT2D eigenvalue weighted by Gasteiger charge is 2.23. The lowest BCUT2D eigenvalue weighted by Gasteiger charge is -2.35. The van der Waals surface area contributed by atoms with Crippen LogP contribution < -0.4 is 9.80 Å². The molecule has 9 heteroatoms. The second-order valence-electron chi connectivity index (χ2n) is 8.10. The average molecular weight is 476 g/mol. The summed E-state index contributed by atoms with van der Waals surface area (Å²) in [5, 5.41) is 7.28. The van der Waals surface area contributed by atoms with Gasteiger partial charge in [-0.15, -0.1) is 0 Å². The summed E-state index contributed by atoms with van der Waals surface area (Å²) in [4.78, 5) is 18.7. The molecule has 0 atom stereocenters. The molecule has 0 N–H and O–H groups in total. The molecule has 4 heterocycles. The Kier molecular flexibility index (Phi) is 5.11. The molecule has 33 heavy (non-hydrogen) atoms. The molecule has 0 radical (unpaired) electrons. The standard InChI is InChI=1S/C24H22ClN7S/c1-2-16-6-7-20-21(12-16)33-24(29-20)31-10-8-30(9-11-31)22-19-14-28-32(23(19)27-15-26-22)18-5-3-4-17(25)13-18/h3-7,12-15H,2,8-11H2,1H3. The zero-order valence-electron chi connectivity index (χ0n) is 18.1. The lowest BCUT2D eigenvalue weighted by molar-refractivity contribution is 0.648. The Morgan fingerprint density at radius 3 is 2.67 bits per heavy atom. The Bertz CT molecular complexity index is 1450. The van der Waals surface area contributed by atoms with Gasteiger partial charge in [0, 0.05) is 31.2 Å². The molecule has 2 aromatic carbocycles. The topological polar surface area (TPSA) is 63.0 Å². The predicted octanol–water partition coefficient (Wildman–Crippen LogP) is 4.97. The normalized spacial score (nSPS) is 14.5. The summed E-state index contributed by atoms with van der Waals surface area (Å²) >= 11 is 7.96. The average Bonchev–Trinajstić information content (AvgIpc) is 3.48. The summed E-state index contributed by atoms with van der Waals surface area (Å²) in [6.07, 6.45) is 4.51. The lowest BCUT2D eigenvalue weighted by atomic mass is 10.2. The number of anilines is 2. The van der Waals surface area contributed by atoms with Crippen molar-refractivity contribution in [1.82, 2.24) is 24.7 Å². The van der Waals surface area contributed by atoms with Crippen LogP contribution >= 0.6 is 22.9 Å². The van der Waals surface area contributed by atoms with Crippen molar-refractivity contribution in [2.75, 3.05) is 36.0 Å². The van der Waals surface area contributed by atoms with Gasteiger partial charge in [-0.3, -0.25) is 0 Å². The predicted molar refractivity (Wildman–Crippen MR) is 135 cm³/mol. The number of hydrogen-bond donors (Lipinski definition) is 0. The number of rotatable bonds is 4. The number of nitrogens with zero attached hydrogens (tertiary/aromatic N) is 7. The Hall–Kier alpha value is -3.23. The number of aryl methyl sites for hydroxylation is 1. The van der Waals surface area contributed by atoms with E-state index in [0.29, 0.717) is 5.02 Å². The molecule has 3 aromatic heterocycles. The first kappa shape index (κ1) is 20.4. The van der Waals surface area contributed by atoms with E-state index < -0.39 is 0 Å². The van der Waals surface area contributed by atoms with Crippen molar-refractivity contribution in [3.05, 3.63) is 65.6 Å². The van der Waals surface area contributed by atoms with Crippen LogP contribution in [0.3, 0.4) is 0 Å². The maximum atomic E-state index is 6.18. The van der Waals surface area contributed by atoms with Crippen LogP contribution in [0.5, 0.6) is 0 Å². The number of hydrogen-bond acceptors (Lipinski definition) is 7. The minimum Gasteiger partial charge on any atom is -0.352 e. The van der Waals surface area contributed by atoms with Crippen molar-refractivity contribution in [1.29, 1.82) is 0 Å². The van der Waals surface area contributed by atoms with E-state index in [2.05, 4.69) is 50.0 Å². The summed E-state index contributed by atoms with van der Waals surface area (Å²) in [6.45, 7) is 5.71. The first-order valence-electron chi connectivity index (χ1n) is 11.0. The summed E-state index contributed by atoms with van der Waals surface area (Å²) in [6, 6.07) is 14.2. The van der Waals surface area contributed by atoms with Crippen molar-refractivity contribution >= 4 is 55.1 Å². The molecule has 7 nitrogen and oxygen atoms in total. The lowest BCUT2D eigenvalue weighted by Crippen LogP contribution is -2.46. The van der Waals surface area contributed by atoms with Gasteiger partial charge in [-0.25, -0.2) is 19.6 Å². The SMILES string of the molecule is CCc1ccc2nc(N3CCN(c4ncnc5c4cnn5-c4cccc(Cl)c4)CC3)sc2c1. The Morgan fingerprint density at radius 1 is 1.00 bits per heavy atom. The quantitative estimate of drug-likeness (QED) is 0.366. The molecule has 1 aliphatic rings. The monoisotopic (exact) mass is 475 g/mol. The number of halogens is 1. The molecule has 1 saturated heterocycles. The van der Waals surface area contributed by atoms with E-state index in [-0.39, 0.29) is 0 Å². The summed E-state index contributed by atoms with van der Waals surface area (Å²) in [7, 11) is 0. The second-order valence-corrected chi connectivity index (χ2v) is 9.54. The zero-order valence-corrected chi connectivity index (χ0v) is 19.7. The van der Waals surface area contributed by atoms with Crippen LogP contribution in [-0.4, -0.2) is 50.9 Å². The van der Waals surface area contributed by atoms with Crippen molar-refractivity contribution in [2.45, 2.75) is 13.3 Å². The van der Waals surface area contributed by atoms with Crippen molar-refractivity contribution < 1.29 is 0 Å². The fourth-order valence-electron chi connectivity index (χ4n) is 4.30. The Labute approximate surface area is 200 Å². The highest BCUT2D eigenvalue weighted by molar-refractivity contribution is 7.22. The third-order valence-electron chi connectivity index (χ3n) is 6.10. The van der Waals surface area contributed by atoms with Gasteiger partial charge >= 0.3 is 0 Å². The van der Waals surface area contributed by atoms with E-state index in [9.17, 15) is 0 Å². The molecule has 1 aliphatic heterocycles. The molecular formula is C24H22ClN7S.